The molecule has 0 aromatic heterocycles. The zero-order chi connectivity index (χ0) is 14.5. The summed E-state index contributed by atoms with van der Waals surface area (Å²) in [6.45, 7) is 3.80. The summed E-state index contributed by atoms with van der Waals surface area (Å²) in [7, 11) is -3.65. The van der Waals surface area contributed by atoms with Crippen LogP contribution in [0.4, 0.5) is 0 Å². The van der Waals surface area contributed by atoms with Crippen molar-refractivity contribution in [3.05, 3.63) is 64.7 Å². The summed E-state index contributed by atoms with van der Waals surface area (Å²) in [6.07, 6.45) is 0. The fourth-order valence-electron chi connectivity index (χ4n) is 2.60. The quantitative estimate of drug-likeness (QED) is 0.873. The number of aliphatic hydroxyl groups is 1. The van der Waals surface area contributed by atoms with Crippen molar-refractivity contribution in [1.29, 1.82) is 0 Å². The monoisotopic (exact) mass is 286 g/mol. The van der Waals surface area contributed by atoms with Crippen molar-refractivity contribution < 1.29 is 13.5 Å². The smallest absolute Gasteiger partial charge is 0.211 e. The Morgan fingerprint density at radius 2 is 1.65 bits per heavy atom. The largest absolute Gasteiger partial charge is 0.506 e. The molecule has 1 heterocycles. The van der Waals surface area contributed by atoms with E-state index >= 15 is 0 Å². The van der Waals surface area contributed by atoms with Crippen LogP contribution in [0.3, 0.4) is 0 Å². The van der Waals surface area contributed by atoms with Crippen LogP contribution >= 0.6 is 0 Å². The van der Waals surface area contributed by atoms with E-state index in [0.29, 0.717) is 11.1 Å². The Balaban J connectivity index is 2.33. The molecule has 0 amide bonds. The molecule has 0 aliphatic carbocycles. The standard InChI is InChI=1S/C16H14O3S/c1-10-7-8-12(11(2)9-10)16-15(17)13-5-3-4-6-14(13)20(16,18)19/h3-9,17H,1-2H3. The first-order valence-electron chi connectivity index (χ1n) is 6.28. The van der Waals surface area contributed by atoms with Gasteiger partial charge in [-0.25, -0.2) is 8.42 Å². The average molecular weight is 286 g/mol. The number of hydrogen-bond donors (Lipinski definition) is 1. The molecule has 102 valence electrons. The van der Waals surface area contributed by atoms with Gasteiger partial charge in [0.1, 0.15) is 10.7 Å². The Hall–Kier alpha value is -2.07. The molecule has 0 bridgehead atoms. The third-order valence-electron chi connectivity index (χ3n) is 3.54. The van der Waals surface area contributed by atoms with E-state index in [1.54, 1.807) is 24.3 Å². The van der Waals surface area contributed by atoms with E-state index in [4.69, 9.17) is 0 Å². The molecule has 2 aromatic rings. The van der Waals surface area contributed by atoms with Crippen LogP contribution < -0.4 is 0 Å². The van der Waals surface area contributed by atoms with Gasteiger partial charge < -0.3 is 5.11 Å². The maximum Gasteiger partial charge on any atom is 0.211 e. The molecule has 20 heavy (non-hydrogen) atoms. The van der Waals surface area contributed by atoms with Gasteiger partial charge in [0.2, 0.25) is 9.84 Å². The van der Waals surface area contributed by atoms with Crippen molar-refractivity contribution in [2.24, 2.45) is 0 Å². The highest BCUT2D eigenvalue weighted by Crippen LogP contribution is 2.43. The lowest BCUT2D eigenvalue weighted by Crippen LogP contribution is -2.02. The van der Waals surface area contributed by atoms with E-state index < -0.39 is 9.84 Å². The maximum absolute atomic E-state index is 12.6. The Bertz CT molecular complexity index is 846. The summed E-state index contributed by atoms with van der Waals surface area (Å²) in [5, 5.41) is 10.3. The molecule has 3 rings (SSSR count). The zero-order valence-corrected chi connectivity index (χ0v) is 12.0. The zero-order valence-electron chi connectivity index (χ0n) is 11.2. The Morgan fingerprint density at radius 3 is 2.30 bits per heavy atom. The van der Waals surface area contributed by atoms with Gasteiger partial charge in [-0.15, -0.1) is 0 Å². The molecule has 4 heteroatoms. The van der Waals surface area contributed by atoms with Gasteiger partial charge in [0.15, 0.2) is 0 Å². The molecule has 0 saturated carbocycles. The van der Waals surface area contributed by atoms with Gasteiger partial charge >= 0.3 is 0 Å². The molecule has 2 aromatic carbocycles. The van der Waals surface area contributed by atoms with Gasteiger partial charge in [0.05, 0.1) is 4.90 Å². The van der Waals surface area contributed by atoms with E-state index in [-0.39, 0.29) is 15.6 Å². The van der Waals surface area contributed by atoms with Crippen LogP contribution in [0.25, 0.3) is 10.7 Å². The van der Waals surface area contributed by atoms with Gasteiger partial charge in [-0.1, -0.05) is 35.9 Å². The van der Waals surface area contributed by atoms with Gasteiger partial charge in [-0.2, -0.15) is 0 Å². The Morgan fingerprint density at radius 1 is 0.950 bits per heavy atom. The van der Waals surface area contributed by atoms with E-state index in [0.717, 1.165) is 11.1 Å². The molecule has 1 aliphatic rings. The van der Waals surface area contributed by atoms with E-state index in [1.807, 2.05) is 26.0 Å². The maximum atomic E-state index is 12.6. The molecule has 0 radical (unpaired) electrons. The minimum absolute atomic E-state index is 0.0104. The number of hydrogen-bond acceptors (Lipinski definition) is 3. The minimum atomic E-state index is -3.65. The first kappa shape index (κ1) is 12.9. The predicted molar refractivity (Wildman–Crippen MR) is 79.0 cm³/mol. The lowest BCUT2D eigenvalue weighted by atomic mass is 10.0. The first-order valence-corrected chi connectivity index (χ1v) is 7.76. The summed E-state index contributed by atoms with van der Waals surface area (Å²) in [6, 6.07) is 12.0. The third kappa shape index (κ3) is 1.68. The molecular formula is C16H14O3S. The van der Waals surface area contributed by atoms with Crippen LogP contribution in [0.2, 0.25) is 0 Å². The third-order valence-corrected chi connectivity index (χ3v) is 5.43. The van der Waals surface area contributed by atoms with Crippen molar-refractivity contribution in [3.63, 3.8) is 0 Å². The van der Waals surface area contributed by atoms with Gasteiger partial charge in [0, 0.05) is 11.1 Å². The molecular weight excluding hydrogens is 272 g/mol. The molecule has 0 fully saturated rings. The minimum Gasteiger partial charge on any atom is -0.506 e. The lowest BCUT2D eigenvalue weighted by molar-refractivity contribution is 0.514. The van der Waals surface area contributed by atoms with E-state index in [1.165, 1.54) is 6.07 Å². The summed E-state index contributed by atoms with van der Waals surface area (Å²) < 4.78 is 25.2. The number of aryl methyl sites for hydroxylation is 2. The molecule has 0 saturated heterocycles. The highest BCUT2D eigenvalue weighted by atomic mass is 32.2. The normalized spacial score (nSPS) is 16.3. The molecule has 1 N–H and O–H groups in total. The van der Waals surface area contributed by atoms with Crippen LogP contribution in [0.1, 0.15) is 22.3 Å². The summed E-state index contributed by atoms with van der Waals surface area (Å²) in [5.74, 6) is -0.160. The number of sulfone groups is 1. The molecule has 1 aliphatic heterocycles. The topological polar surface area (TPSA) is 54.4 Å². The number of rotatable bonds is 1. The van der Waals surface area contributed by atoms with Crippen molar-refractivity contribution in [2.75, 3.05) is 0 Å². The fraction of sp³-hybridized carbons (Fsp3) is 0.125. The SMILES string of the molecule is Cc1ccc(C2=C(O)c3ccccc3S2(=O)=O)c(C)c1. The van der Waals surface area contributed by atoms with Crippen LogP contribution in [-0.2, 0) is 9.84 Å². The van der Waals surface area contributed by atoms with Crippen molar-refractivity contribution >= 4 is 20.5 Å². The second-order valence-electron chi connectivity index (χ2n) is 5.00. The highest BCUT2D eigenvalue weighted by Gasteiger charge is 2.37. The van der Waals surface area contributed by atoms with Crippen LogP contribution in [0.15, 0.2) is 47.4 Å². The Labute approximate surface area is 118 Å². The number of benzene rings is 2. The Kier molecular flexibility index (Phi) is 2.73. The highest BCUT2D eigenvalue weighted by molar-refractivity contribution is 8.01. The first-order chi connectivity index (χ1) is 9.43. The van der Waals surface area contributed by atoms with Gasteiger partial charge in [0.25, 0.3) is 0 Å². The van der Waals surface area contributed by atoms with Crippen molar-refractivity contribution in [2.45, 2.75) is 18.7 Å². The summed E-state index contributed by atoms with van der Waals surface area (Å²) in [5.41, 5.74) is 2.83. The van der Waals surface area contributed by atoms with Crippen LogP contribution in [0.5, 0.6) is 0 Å². The van der Waals surface area contributed by atoms with Crippen LogP contribution in [0, 0.1) is 13.8 Å². The second kappa shape index (κ2) is 4.21. The van der Waals surface area contributed by atoms with E-state index in [2.05, 4.69) is 0 Å². The van der Waals surface area contributed by atoms with Gasteiger partial charge in [-0.3, -0.25) is 0 Å². The lowest BCUT2D eigenvalue weighted by Gasteiger charge is -2.08. The molecule has 3 nitrogen and oxygen atoms in total. The molecule has 0 unspecified atom stereocenters. The molecule has 0 spiro atoms. The fourth-order valence-corrected chi connectivity index (χ4v) is 4.41. The average Bonchev–Trinajstić information content (AvgIpc) is 2.60. The predicted octanol–water partition coefficient (Wildman–Crippen LogP) is 3.47. The van der Waals surface area contributed by atoms with Gasteiger partial charge in [-0.05, 0) is 31.5 Å². The van der Waals surface area contributed by atoms with E-state index in [9.17, 15) is 13.5 Å². The molecule has 0 atom stereocenters. The number of aliphatic hydroxyl groups excluding tert-OH is 1. The second-order valence-corrected chi connectivity index (χ2v) is 6.85. The van der Waals surface area contributed by atoms with Crippen molar-refractivity contribution in [3.8, 4) is 0 Å². The van der Waals surface area contributed by atoms with Crippen molar-refractivity contribution in [1.82, 2.24) is 0 Å². The summed E-state index contributed by atoms with van der Waals surface area (Å²) in [4.78, 5) is 0.184. The van der Waals surface area contributed by atoms with Crippen LogP contribution in [-0.4, -0.2) is 13.5 Å². The number of fused-ring (bicyclic) bond motifs is 1. The summed E-state index contributed by atoms with van der Waals surface area (Å²) >= 11 is 0.